The first kappa shape index (κ1) is 28.2. The molecular formula is C26H28F2N2O9. The van der Waals surface area contributed by atoms with E-state index >= 15 is 0 Å². The number of ether oxygens (including phenoxy) is 5. The zero-order valence-electron chi connectivity index (χ0n) is 21.4. The molecular weight excluding hydrogens is 522 g/mol. The van der Waals surface area contributed by atoms with Gasteiger partial charge in [-0.3, -0.25) is 14.4 Å². The average Bonchev–Trinajstić information content (AvgIpc) is 2.90. The Morgan fingerprint density at radius 2 is 2.00 bits per heavy atom. The van der Waals surface area contributed by atoms with Crippen LogP contribution in [0.2, 0.25) is 0 Å². The number of methoxy groups -OCH3 is 1. The number of hydrogen-bond donors (Lipinski definition) is 1. The Morgan fingerprint density at radius 1 is 1.21 bits per heavy atom. The Hall–Kier alpha value is -3.84. The van der Waals surface area contributed by atoms with Crippen LogP contribution in [0, 0.1) is 17.0 Å². The fourth-order valence-electron chi connectivity index (χ4n) is 4.61. The molecule has 0 spiro atoms. The van der Waals surface area contributed by atoms with Gasteiger partial charge in [0.15, 0.2) is 11.5 Å². The van der Waals surface area contributed by atoms with Crippen LogP contribution in [-0.4, -0.2) is 62.2 Å². The zero-order valence-corrected chi connectivity index (χ0v) is 21.4. The van der Waals surface area contributed by atoms with Crippen LogP contribution < -0.4 is 15.5 Å². The van der Waals surface area contributed by atoms with Crippen LogP contribution in [0.4, 0.5) is 13.6 Å². The third-order valence-electron chi connectivity index (χ3n) is 6.79. The molecule has 1 amide bonds. The number of carbonyl (C=O) groups is 3. The van der Waals surface area contributed by atoms with E-state index in [0.717, 1.165) is 6.07 Å². The Kier molecular flexibility index (Phi) is 8.60. The number of halogens is 2. The van der Waals surface area contributed by atoms with E-state index in [1.807, 2.05) is 0 Å². The van der Waals surface area contributed by atoms with E-state index < -0.39 is 64.5 Å². The maximum absolute atomic E-state index is 14.0. The SMILES string of the molecule is COCCOC(=O)OCOc1c2n(cc(C(=O)NCc3ccc(F)cc3F)c1=O)C[C@@H]1OCCC[C@]1(C)C2=O. The molecule has 0 radical (unpaired) electrons. The quantitative estimate of drug-likeness (QED) is 0.284. The minimum absolute atomic E-state index is 0.00113. The summed E-state index contributed by atoms with van der Waals surface area (Å²) >= 11 is 0. The summed E-state index contributed by atoms with van der Waals surface area (Å²) in [5.41, 5.74) is -2.33. The van der Waals surface area contributed by atoms with Gasteiger partial charge in [0.1, 0.15) is 29.5 Å². The molecule has 0 unspecified atom stereocenters. The van der Waals surface area contributed by atoms with Crippen LogP contribution in [0.25, 0.3) is 0 Å². The van der Waals surface area contributed by atoms with Gasteiger partial charge in [0.25, 0.3) is 5.91 Å². The Morgan fingerprint density at radius 3 is 2.74 bits per heavy atom. The van der Waals surface area contributed by atoms with Crippen LogP contribution in [0.5, 0.6) is 5.75 Å². The van der Waals surface area contributed by atoms with Crippen LogP contribution in [0.15, 0.2) is 29.2 Å². The van der Waals surface area contributed by atoms with Crippen molar-refractivity contribution in [2.45, 2.75) is 39.0 Å². The van der Waals surface area contributed by atoms with Crippen LogP contribution in [0.1, 0.15) is 46.2 Å². The van der Waals surface area contributed by atoms with E-state index in [1.165, 1.54) is 23.9 Å². The molecule has 1 fully saturated rings. The molecule has 1 N–H and O–H groups in total. The molecule has 4 rings (SSSR count). The van der Waals surface area contributed by atoms with E-state index in [2.05, 4.69) is 5.32 Å². The van der Waals surface area contributed by atoms with Crippen molar-refractivity contribution in [3.05, 3.63) is 63.1 Å². The van der Waals surface area contributed by atoms with Gasteiger partial charge in [0, 0.05) is 38.1 Å². The molecule has 11 nitrogen and oxygen atoms in total. The van der Waals surface area contributed by atoms with E-state index in [1.54, 1.807) is 6.92 Å². The molecule has 2 aliphatic rings. The van der Waals surface area contributed by atoms with Crippen molar-refractivity contribution in [1.29, 1.82) is 0 Å². The van der Waals surface area contributed by atoms with E-state index in [0.29, 0.717) is 25.5 Å². The van der Waals surface area contributed by atoms with Gasteiger partial charge in [-0.2, -0.15) is 0 Å². The highest BCUT2D eigenvalue weighted by atomic mass is 19.1. The highest BCUT2D eigenvalue weighted by Crippen LogP contribution is 2.42. The minimum atomic E-state index is -1.09. The number of fused-ring (bicyclic) bond motifs is 2. The second kappa shape index (κ2) is 11.9. The number of benzene rings is 1. The molecule has 39 heavy (non-hydrogen) atoms. The van der Waals surface area contributed by atoms with Crippen molar-refractivity contribution >= 4 is 17.8 Å². The van der Waals surface area contributed by atoms with Gasteiger partial charge in [0.05, 0.1) is 24.7 Å². The van der Waals surface area contributed by atoms with Gasteiger partial charge in [-0.05, 0) is 25.8 Å². The van der Waals surface area contributed by atoms with Crippen molar-refractivity contribution < 1.29 is 46.8 Å². The van der Waals surface area contributed by atoms with Crippen LogP contribution >= 0.6 is 0 Å². The van der Waals surface area contributed by atoms with Crippen molar-refractivity contribution in [3.8, 4) is 5.75 Å². The number of carbonyl (C=O) groups excluding carboxylic acids is 3. The lowest BCUT2D eigenvalue weighted by atomic mass is 9.71. The maximum Gasteiger partial charge on any atom is 0.511 e. The highest BCUT2D eigenvalue weighted by Gasteiger charge is 2.50. The van der Waals surface area contributed by atoms with Gasteiger partial charge in [0.2, 0.25) is 12.2 Å². The summed E-state index contributed by atoms with van der Waals surface area (Å²) in [6.07, 6.45) is 0.803. The molecule has 1 aromatic carbocycles. The number of ketones is 1. The van der Waals surface area contributed by atoms with E-state index in [4.69, 9.17) is 23.7 Å². The zero-order chi connectivity index (χ0) is 28.2. The monoisotopic (exact) mass is 550 g/mol. The lowest BCUT2D eigenvalue weighted by Crippen LogP contribution is -2.52. The first-order valence-electron chi connectivity index (χ1n) is 12.2. The predicted molar refractivity (Wildman–Crippen MR) is 129 cm³/mol. The lowest BCUT2D eigenvalue weighted by Gasteiger charge is -2.44. The van der Waals surface area contributed by atoms with E-state index in [-0.39, 0.29) is 37.6 Å². The summed E-state index contributed by atoms with van der Waals surface area (Å²) in [4.78, 5) is 51.8. The van der Waals surface area contributed by atoms with Crippen LogP contribution in [0.3, 0.4) is 0 Å². The maximum atomic E-state index is 14.0. The molecule has 0 aliphatic carbocycles. The summed E-state index contributed by atoms with van der Waals surface area (Å²) in [7, 11) is 1.42. The minimum Gasteiger partial charge on any atom is -0.451 e. The molecule has 1 saturated heterocycles. The smallest absolute Gasteiger partial charge is 0.451 e. The predicted octanol–water partition coefficient (Wildman–Crippen LogP) is 2.57. The Labute approximate surface area is 221 Å². The number of nitrogens with one attached hydrogen (secondary N) is 1. The third-order valence-corrected chi connectivity index (χ3v) is 6.79. The van der Waals surface area contributed by atoms with Gasteiger partial charge in [-0.25, -0.2) is 13.6 Å². The third kappa shape index (κ3) is 5.93. The topological polar surface area (TPSA) is 131 Å². The molecule has 2 aromatic rings. The van der Waals surface area contributed by atoms with Crippen molar-refractivity contribution in [2.24, 2.45) is 5.41 Å². The van der Waals surface area contributed by atoms with Crippen molar-refractivity contribution in [2.75, 3.05) is 33.7 Å². The normalized spacial score (nSPS) is 20.0. The molecule has 2 atom stereocenters. The van der Waals surface area contributed by atoms with Crippen molar-refractivity contribution in [3.63, 3.8) is 0 Å². The standard InChI is InChI=1S/C26H28F2N2O9/c1-26-6-3-7-36-19(26)13-30-12-17(24(33)29-11-15-4-5-16(27)10-18(15)28)21(31)22(20(30)23(26)32)38-14-39-25(34)37-9-8-35-2/h4-5,10,12,19H,3,6-9,11,13-14H2,1-2H3,(H,29,33)/t19-,26-/m0/s1. The van der Waals surface area contributed by atoms with Crippen LogP contribution in [-0.2, 0) is 32.0 Å². The van der Waals surface area contributed by atoms with Gasteiger partial charge in [-0.1, -0.05) is 6.07 Å². The molecule has 0 saturated carbocycles. The number of hydrogen-bond acceptors (Lipinski definition) is 9. The molecule has 0 bridgehead atoms. The molecule has 13 heteroatoms. The van der Waals surface area contributed by atoms with Gasteiger partial charge in [-0.15, -0.1) is 0 Å². The summed E-state index contributed by atoms with van der Waals surface area (Å²) < 4.78 is 54.3. The largest absolute Gasteiger partial charge is 0.511 e. The van der Waals surface area contributed by atoms with Gasteiger partial charge >= 0.3 is 6.16 Å². The first-order valence-corrected chi connectivity index (χ1v) is 12.2. The molecule has 2 aliphatic heterocycles. The molecule has 3 heterocycles. The number of rotatable bonds is 9. The number of amides is 1. The average molecular weight is 551 g/mol. The summed E-state index contributed by atoms with van der Waals surface area (Å²) in [6, 6.07) is 2.88. The fraction of sp³-hybridized carbons (Fsp3) is 0.462. The first-order chi connectivity index (χ1) is 18.7. The molecule has 1 aromatic heterocycles. The second-order valence-electron chi connectivity index (χ2n) is 9.33. The van der Waals surface area contributed by atoms with Crippen molar-refractivity contribution in [1.82, 2.24) is 9.88 Å². The summed E-state index contributed by atoms with van der Waals surface area (Å²) in [5.74, 6) is -3.41. The number of pyridine rings is 1. The number of aromatic nitrogens is 1. The van der Waals surface area contributed by atoms with Gasteiger partial charge < -0.3 is 33.6 Å². The lowest BCUT2D eigenvalue weighted by molar-refractivity contribution is -0.0743. The summed E-state index contributed by atoms with van der Waals surface area (Å²) in [5, 5.41) is 2.42. The second-order valence-corrected chi connectivity index (χ2v) is 9.33. The Balaban J connectivity index is 1.62. The number of Topliss-reactive ketones (excluding diaryl/α,β-unsaturated/α-hetero) is 1. The molecule has 210 valence electrons. The number of nitrogens with zero attached hydrogens (tertiary/aromatic N) is 1. The summed E-state index contributed by atoms with van der Waals surface area (Å²) in [6.45, 7) is 1.32. The Bertz CT molecular complexity index is 1330. The van der Waals surface area contributed by atoms with E-state index in [9.17, 15) is 28.0 Å². The highest BCUT2D eigenvalue weighted by molar-refractivity contribution is 6.03. The fourth-order valence-corrected chi connectivity index (χ4v) is 4.61.